The molecule has 0 aliphatic carbocycles. The van der Waals surface area contributed by atoms with E-state index >= 15 is 0 Å². The number of nitrogens with two attached hydrogens (primary N) is 1. The average Bonchev–Trinajstić information content (AvgIpc) is 2.86. The SMILES string of the molecule is Nc1ccc2[nH]nc(C(=O)Nc3ccc(F)c(Cl)c3)c2c1. The highest BCUT2D eigenvalue weighted by Crippen LogP contribution is 2.22. The lowest BCUT2D eigenvalue weighted by Crippen LogP contribution is -2.12. The van der Waals surface area contributed by atoms with Crippen LogP contribution in [0.15, 0.2) is 36.4 Å². The van der Waals surface area contributed by atoms with Gasteiger partial charge in [0.2, 0.25) is 0 Å². The zero-order chi connectivity index (χ0) is 15.0. The molecule has 4 N–H and O–H groups in total. The first-order valence-corrected chi connectivity index (χ1v) is 6.42. The smallest absolute Gasteiger partial charge is 0.276 e. The summed E-state index contributed by atoms with van der Waals surface area (Å²) in [5.74, 6) is -0.984. The van der Waals surface area contributed by atoms with Crippen LogP contribution in [0.5, 0.6) is 0 Å². The number of rotatable bonds is 2. The third-order valence-corrected chi connectivity index (χ3v) is 3.27. The van der Waals surface area contributed by atoms with Crippen LogP contribution in [-0.2, 0) is 0 Å². The van der Waals surface area contributed by atoms with E-state index in [0.29, 0.717) is 22.3 Å². The monoisotopic (exact) mass is 304 g/mol. The van der Waals surface area contributed by atoms with Crippen LogP contribution in [-0.4, -0.2) is 16.1 Å². The van der Waals surface area contributed by atoms with Crippen molar-refractivity contribution in [2.75, 3.05) is 11.1 Å². The zero-order valence-electron chi connectivity index (χ0n) is 10.7. The second-order valence-electron chi connectivity index (χ2n) is 4.46. The number of amides is 1. The van der Waals surface area contributed by atoms with Gasteiger partial charge in [0.1, 0.15) is 5.82 Å². The molecule has 3 rings (SSSR count). The van der Waals surface area contributed by atoms with Crippen LogP contribution < -0.4 is 11.1 Å². The van der Waals surface area contributed by atoms with Crippen LogP contribution in [0, 0.1) is 5.82 Å². The highest BCUT2D eigenvalue weighted by molar-refractivity contribution is 6.31. The fraction of sp³-hybridized carbons (Fsp3) is 0. The van der Waals surface area contributed by atoms with Crippen LogP contribution >= 0.6 is 11.6 Å². The molecule has 1 heterocycles. The lowest BCUT2D eigenvalue weighted by molar-refractivity contribution is 0.102. The number of benzene rings is 2. The average molecular weight is 305 g/mol. The van der Waals surface area contributed by atoms with Crippen molar-refractivity contribution in [3.63, 3.8) is 0 Å². The first-order valence-electron chi connectivity index (χ1n) is 6.04. The molecule has 106 valence electrons. The minimum atomic E-state index is -0.548. The van der Waals surface area contributed by atoms with Crippen LogP contribution in [0.4, 0.5) is 15.8 Å². The Hall–Kier alpha value is -2.60. The van der Waals surface area contributed by atoms with Crippen LogP contribution in [0.1, 0.15) is 10.5 Å². The van der Waals surface area contributed by atoms with Gasteiger partial charge < -0.3 is 11.1 Å². The maximum absolute atomic E-state index is 13.1. The number of carbonyl (C=O) groups is 1. The van der Waals surface area contributed by atoms with Crippen molar-refractivity contribution in [2.24, 2.45) is 0 Å². The number of hydrogen-bond acceptors (Lipinski definition) is 3. The summed E-state index contributed by atoms with van der Waals surface area (Å²) in [7, 11) is 0. The molecule has 0 aliphatic rings. The predicted molar refractivity (Wildman–Crippen MR) is 79.9 cm³/mol. The summed E-state index contributed by atoms with van der Waals surface area (Å²) in [6.07, 6.45) is 0. The fourth-order valence-electron chi connectivity index (χ4n) is 1.97. The molecule has 2 aromatic carbocycles. The number of hydrogen-bond donors (Lipinski definition) is 3. The molecule has 0 bridgehead atoms. The molecule has 0 aliphatic heterocycles. The molecule has 3 aromatic rings. The van der Waals surface area contributed by atoms with Crippen molar-refractivity contribution in [1.29, 1.82) is 0 Å². The molecular weight excluding hydrogens is 295 g/mol. The number of aromatic nitrogens is 2. The van der Waals surface area contributed by atoms with Gasteiger partial charge >= 0.3 is 0 Å². The molecule has 21 heavy (non-hydrogen) atoms. The van der Waals surface area contributed by atoms with Gasteiger partial charge in [-0.05, 0) is 36.4 Å². The summed E-state index contributed by atoms with van der Waals surface area (Å²) >= 11 is 5.67. The molecule has 0 fully saturated rings. The number of nitrogen functional groups attached to an aromatic ring is 1. The fourth-order valence-corrected chi connectivity index (χ4v) is 2.15. The topological polar surface area (TPSA) is 83.8 Å². The Kier molecular flexibility index (Phi) is 3.23. The van der Waals surface area contributed by atoms with E-state index in [2.05, 4.69) is 15.5 Å². The second-order valence-corrected chi connectivity index (χ2v) is 4.87. The number of anilines is 2. The van der Waals surface area contributed by atoms with Gasteiger partial charge in [0.05, 0.1) is 10.5 Å². The number of nitrogens with zero attached hydrogens (tertiary/aromatic N) is 1. The largest absolute Gasteiger partial charge is 0.399 e. The number of halogens is 2. The summed E-state index contributed by atoms with van der Waals surface area (Å²) in [6, 6.07) is 9.04. The van der Waals surface area contributed by atoms with E-state index in [4.69, 9.17) is 17.3 Å². The number of fused-ring (bicyclic) bond motifs is 1. The standard InChI is InChI=1S/C14H10ClFN4O/c15-10-6-8(2-3-11(10)16)18-14(21)13-9-5-7(17)1-4-12(9)19-20-13/h1-6H,17H2,(H,18,21)(H,19,20). The molecule has 0 spiro atoms. The van der Waals surface area contributed by atoms with E-state index in [1.54, 1.807) is 18.2 Å². The third kappa shape index (κ3) is 2.53. The molecule has 0 atom stereocenters. The molecule has 0 saturated heterocycles. The summed E-state index contributed by atoms with van der Waals surface area (Å²) in [4.78, 5) is 12.2. The van der Waals surface area contributed by atoms with Gasteiger partial charge in [0.25, 0.3) is 5.91 Å². The second kappa shape index (κ2) is 5.06. The zero-order valence-corrected chi connectivity index (χ0v) is 11.4. The molecule has 0 radical (unpaired) electrons. The van der Waals surface area contributed by atoms with E-state index in [-0.39, 0.29) is 10.7 Å². The number of aromatic amines is 1. The summed E-state index contributed by atoms with van der Waals surface area (Å²) in [5, 5.41) is 9.88. The van der Waals surface area contributed by atoms with Crippen molar-refractivity contribution < 1.29 is 9.18 Å². The molecule has 1 amide bonds. The van der Waals surface area contributed by atoms with Gasteiger partial charge in [-0.1, -0.05) is 11.6 Å². The summed E-state index contributed by atoms with van der Waals surface area (Å²) in [6.45, 7) is 0. The van der Waals surface area contributed by atoms with E-state index in [0.717, 1.165) is 0 Å². The molecule has 0 unspecified atom stereocenters. The molecule has 7 heteroatoms. The number of nitrogens with one attached hydrogen (secondary N) is 2. The van der Waals surface area contributed by atoms with Crippen molar-refractivity contribution in [3.05, 3.63) is 52.9 Å². The van der Waals surface area contributed by atoms with Crippen molar-refractivity contribution in [3.8, 4) is 0 Å². The molecule has 0 saturated carbocycles. The normalized spacial score (nSPS) is 10.8. The van der Waals surface area contributed by atoms with Gasteiger partial charge in [0, 0.05) is 16.8 Å². The Labute approximate surface area is 123 Å². The van der Waals surface area contributed by atoms with Gasteiger partial charge in [-0.2, -0.15) is 5.10 Å². The van der Waals surface area contributed by atoms with Crippen LogP contribution in [0.25, 0.3) is 10.9 Å². The van der Waals surface area contributed by atoms with E-state index in [1.165, 1.54) is 18.2 Å². The Morgan fingerprint density at radius 1 is 1.29 bits per heavy atom. The number of carbonyl (C=O) groups excluding carboxylic acids is 1. The van der Waals surface area contributed by atoms with Gasteiger partial charge in [-0.25, -0.2) is 4.39 Å². The third-order valence-electron chi connectivity index (χ3n) is 2.98. The van der Waals surface area contributed by atoms with Gasteiger partial charge in [-0.3, -0.25) is 9.89 Å². The lowest BCUT2D eigenvalue weighted by Gasteiger charge is -2.04. The van der Waals surface area contributed by atoms with Crippen LogP contribution in [0.2, 0.25) is 5.02 Å². The van der Waals surface area contributed by atoms with E-state index in [9.17, 15) is 9.18 Å². The maximum atomic E-state index is 13.1. The van der Waals surface area contributed by atoms with Crippen molar-refractivity contribution in [1.82, 2.24) is 10.2 Å². The Bertz CT molecular complexity index is 846. The Morgan fingerprint density at radius 3 is 2.86 bits per heavy atom. The highest BCUT2D eigenvalue weighted by atomic mass is 35.5. The summed E-state index contributed by atoms with van der Waals surface area (Å²) < 4.78 is 13.1. The van der Waals surface area contributed by atoms with Gasteiger partial charge in [-0.15, -0.1) is 0 Å². The molecular formula is C14H10ClFN4O. The molecule has 5 nitrogen and oxygen atoms in total. The minimum Gasteiger partial charge on any atom is -0.399 e. The van der Waals surface area contributed by atoms with E-state index < -0.39 is 11.7 Å². The van der Waals surface area contributed by atoms with Crippen LogP contribution in [0.3, 0.4) is 0 Å². The van der Waals surface area contributed by atoms with Crippen molar-refractivity contribution >= 4 is 39.8 Å². The molecule has 1 aromatic heterocycles. The first-order chi connectivity index (χ1) is 10.0. The number of H-pyrrole nitrogens is 1. The van der Waals surface area contributed by atoms with Crippen molar-refractivity contribution in [2.45, 2.75) is 0 Å². The highest BCUT2D eigenvalue weighted by Gasteiger charge is 2.15. The minimum absolute atomic E-state index is 0.0658. The van der Waals surface area contributed by atoms with E-state index in [1.807, 2.05) is 0 Å². The summed E-state index contributed by atoms with van der Waals surface area (Å²) in [5.41, 5.74) is 7.53. The Morgan fingerprint density at radius 2 is 2.10 bits per heavy atom. The lowest BCUT2D eigenvalue weighted by atomic mass is 10.2. The predicted octanol–water partition coefficient (Wildman–Crippen LogP) is 3.19. The van der Waals surface area contributed by atoms with Gasteiger partial charge in [0.15, 0.2) is 5.69 Å². The Balaban J connectivity index is 1.93. The quantitative estimate of drug-likeness (QED) is 0.636. The first kappa shape index (κ1) is 13.4. The maximum Gasteiger partial charge on any atom is 0.276 e.